The van der Waals surface area contributed by atoms with Crippen molar-refractivity contribution < 1.29 is 14.4 Å². The number of hydrogen-bond acceptors (Lipinski definition) is 5. The predicted octanol–water partition coefficient (Wildman–Crippen LogP) is 0.384. The van der Waals surface area contributed by atoms with Crippen LogP contribution in [0.15, 0.2) is 18.2 Å². The first-order valence-corrected chi connectivity index (χ1v) is 9.84. The third kappa shape index (κ3) is 2.76. The van der Waals surface area contributed by atoms with Crippen molar-refractivity contribution in [1.82, 2.24) is 20.4 Å². The molecule has 7 heteroatoms. The van der Waals surface area contributed by atoms with Gasteiger partial charge in [-0.3, -0.25) is 24.6 Å². The van der Waals surface area contributed by atoms with E-state index < -0.39 is 6.04 Å². The number of rotatable bonds is 3. The molecule has 7 nitrogen and oxygen atoms in total. The van der Waals surface area contributed by atoms with Crippen molar-refractivity contribution in [3.63, 3.8) is 0 Å². The van der Waals surface area contributed by atoms with Gasteiger partial charge < -0.3 is 10.2 Å². The van der Waals surface area contributed by atoms with Crippen molar-refractivity contribution >= 4 is 17.7 Å². The summed E-state index contributed by atoms with van der Waals surface area (Å²) in [6, 6.07) is 6.56. The lowest BCUT2D eigenvalue weighted by Gasteiger charge is -2.49. The highest BCUT2D eigenvalue weighted by Crippen LogP contribution is 2.33. The summed E-state index contributed by atoms with van der Waals surface area (Å²) in [4.78, 5) is 40.8. The zero-order chi connectivity index (χ0) is 18.5. The highest BCUT2D eigenvalue weighted by Gasteiger charge is 2.41. The minimum Gasteiger partial charge on any atom is -0.322 e. The summed E-state index contributed by atoms with van der Waals surface area (Å²) in [6.07, 6.45) is 3.17. The highest BCUT2D eigenvalue weighted by atomic mass is 16.2. The molecule has 1 saturated carbocycles. The number of carbonyl (C=O) groups excluding carboxylic acids is 3. The van der Waals surface area contributed by atoms with Crippen LogP contribution in [-0.4, -0.2) is 58.7 Å². The van der Waals surface area contributed by atoms with Gasteiger partial charge in [0.25, 0.3) is 5.91 Å². The number of piperazine rings is 1. The lowest BCUT2D eigenvalue weighted by atomic mass is 9.83. The van der Waals surface area contributed by atoms with Crippen LogP contribution in [0, 0.1) is 0 Å². The molecule has 3 fully saturated rings. The van der Waals surface area contributed by atoms with Crippen molar-refractivity contribution in [1.29, 1.82) is 0 Å². The molecule has 1 aromatic rings. The van der Waals surface area contributed by atoms with E-state index in [4.69, 9.17) is 0 Å². The quantitative estimate of drug-likeness (QED) is 0.754. The molecule has 142 valence electrons. The maximum absolute atomic E-state index is 12.9. The first-order chi connectivity index (χ1) is 13.1. The van der Waals surface area contributed by atoms with E-state index in [1.165, 1.54) is 18.4 Å². The van der Waals surface area contributed by atoms with Crippen LogP contribution in [-0.2, 0) is 22.7 Å². The minimum atomic E-state index is -0.550. The van der Waals surface area contributed by atoms with Gasteiger partial charge in [-0.15, -0.1) is 0 Å². The van der Waals surface area contributed by atoms with Gasteiger partial charge in [0, 0.05) is 50.2 Å². The first kappa shape index (κ1) is 16.9. The number of hydrogen-bond donors (Lipinski definition) is 2. The number of amides is 3. The fourth-order valence-electron chi connectivity index (χ4n) is 4.93. The molecule has 1 unspecified atom stereocenters. The van der Waals surface area contributed by atoms with Gasteiger partial charge in [-0.1, -0.05) is 12.1 Å². The summed E-state index contributed by atoms with van der Waals surface area (Å²) in [7, 11) is 0. The molecule has 3 heterocycles. The van der Waals surface area contributed by atoms with E-state index in [-0.39, 0.29) is 24.1 Å². The Morgan fingerprint density at radius 1 is 1.11 bits per heavy atom. The van der Waals surface area contributed by atoms with Crippen LogP contribution in [0.4, 0.5) is 0 Å². The van der Waals surface area contributed by atoms with E-state index >= 15 is 0 Å². The molecule has 1 aromatic carbocycles. The molecule has 3 atom stereocenters. The van der Waals surface area contributed by atoms with Crippen molar-refractivity contribution in [3.05, 3.63) is 34.9 Å². The lowest BCUT2D eigenvalue weighted by molar-refractivity contribution is -0.136. The monoisotopic (exact) mass is 368 g/mol. The standard InChI is InChI=1S/C20H24N4O3/c25-18-7-6-17(19(26)22-18)24-11-14-12(2-1-3-13(14)20(24)27)10-23-9-8-21-15-4-5-16(15)23/h1-3,15-17,21H,4-11H2,(H,22,25,26)/t15-,16+,17?/m0/s1. The van der Waals surface area contributed by atoms with Gasteiger partial charge >= 0.3 is 0 Å². The average molecular weight is 368 g/mol. The van der Waals surface area contributed by atoms with Crippen LogP contribution in [0.25, 0.3) is 0 Å². The number of piperidine rings is 1. The van der Waals surface area contributed by atoms with E-state index in [1.54, 1.807) is 4.90 Å². The van der Waals surface area contributed by atoms with Gasteiger partial charge in [-0.25, -0.2) is 0 Å². The molecule has 0 bridgehead atoms. The fraction of sp³-hybridized carbons (Fsp3) is 0.550. The Morgan fingerprint density at radius 2 is 2.00 bits per heavy atom. The minimum absolute atomic E-state index is 0.0943. The molecule has 0 spiro atoms. The van der Waals surface area contributed by atoms with E-state index in [2.05, 4.69) is 21.6 Å². The van der Waals surface area contributed by atoms with E-state index in [1.807, 2.05) is 12.1 Å². The van der Waals surface area contributed by atoms with E-state index in [0.29, 0.717) is 30.6 Å². The SMILES string of the molecule is O=C1CCC(N2Cc3c(CN4CCN[C@H]5CC[C@H]54)cccc3C2=O)C(=O)N1. The largest absolute Gasteiger partial charge is 0.322 e. The fourth-order valence-corrected chi connectivity index (χ4v) is 4.93. The number of fused-ring (bicyclic) bond motifs is 2. The Labute approximate surface area is 158 Å². The Kier molecular flexibility index (Phi) is 4.02. The van der Waals surface area contributed by atoms with Crippen molar-refractivity contribution in [2.45, 2.75) is 56.9 Å². The summed E-state index contributed by atoms with van der Waals surface area (Å²) < 4.78 is 0. The predicted molar refractivity (Wildman–Crippen MR) is 97.7 cm³/mol. The maximum Gasteiger partial charge on any atom is 0.255 e. The van der Waals surface area contributed by atoms with Crippen molar-refractivity contribution in [3.8, 4) is 0 Å². The first-order valence-electron chi connectivity index (χ1n) is 9.84. The molecule has 3 aliphatic heterocycles. The number of nitrogens with zero attached hydrogens (tertiary/aromatic N) is 2. The van der Waals surface area contributed by atoms with Crippen LogP contribution in [0.1, 0.15) is 47.2 Å². The summed E-state index contributed by atoms with van der Waals surface area (Å²) in [5.74, 6) is -0.702. The van der Waals surface area contributed by atoms with Crippen LogP contribution in [0.2, 0.25) is 0 Å². The molecular weight excluding hydrogens is 344 g/mol. The van der Waals surface area contributed by atoms with Gasteiger partial charge in [0.15, 0.2) is 0 Å². The second-order valence-corrected chi connectivity index (χ2v) is 8.02. The van der Waals surface area contributed by atoms with Crippen LogP contribution >= 0.6 is 0 Å². The molecule has 0 aromatic heterocycles. The van der Waals surface area contributed by atoms with Gasteiger partial charge in [-0.2, -0.15) is 0 Å². The molecule has 27 heavy (non-hydrogen) atoms. The zero-order valence-corrected chi connectivity index (χ0v) is 15.2. The third-order valence-electron chi connectivity index (χ3n) is 6.56. The molecule has 2 N–H and O–H groups in total. The van der Waals surface area contributed by atoms with Crippen molar-refractivity contribution in [2.24, 2.45) is 0 Å². The highest BCUT2D eigenvalue weighted by molar-refractivity contribution is 6.05. The van der Waals surface area contributed by atoms with Crippen LogP contribution < -0.4 is 10.6 Å². The smallest absolute Gasteiger partial charge is 0.255 e. The van der Waals surface area contributed by atoms with Gasteiger partial charge in [0.1, 0.15) is 6.04 Å². The Bertz CT molecular complexity index is 823. The lowest BCUT2D eigenvalue weighted by Crippen LogP contribution is -2.62. The second-order valence-electron chi connectivity index (χ2n) is 8.02. The van der Waals surface area contributed by atoms with E-state index in [9.17, 15) is 14.4 Å². The molecule has 0 radical (unpaired) electrons. The number of carbonyl (C=O) groups is 3. The molecule has 4 aliphatic rings. The molecular formula is C20H24N4O3. The number of nitrogens with one attached hydrogen (secondary N) is 2. The zero-order valence-electron chi connectivity index (χ0n) is 15.2. The normalized spacial score (nSPS) is 30.6. The van der Waals surface area contributed by atoms with Gasteiger partial charge in [-0.05, 0) is 36.5 Å². The van der Waals surface area contributed by atoms with Gasteiger partial charge in [0.05, 0.1) is 0 Å². The number of imide groups is 1. The maximum atomic E-state index is 12.9. The Morgan fingerprint density at radius 3 is 2.78 bits per heavy atom. The van der Waals surface area contributed by atoms with Gasteiger partial charge in [0.2, 0.25) is 11.8 Å². The Hall–Kier alpha value is -2.25. The van der Waals surface area contributed by atoms with E-state index in [0.717, 1.165) is 25.2 Å². The second kappa shape index (κ2) is 6.42. The molecule has 1 aliphatic carbocycles. The van der Waals surface area contributed by atoms with Crippen LogP contribution in [0.5, 0.6) is 0 Å². The average Bonchev–Trinajstić information content (AvgIpc) is 2.95. The number of benzene rings is 1. The summed E-state index contributed by atoms with van der Waals surface area (Å²) in [6.45, 7) is 3.34. The topological polar surface area (TPSA) is 81.8 Å². The summed E-state index contributed by atoms with van der Waals surface area (Å²) in [5.41, 5.74) is 2.93. The molecule has 5 rings (SSSR count). The molecule has 2 saturated heterocycles. The third-order valence-corrected chi connectivity index (χ3v) is 6.56. The summed E-state index contributed by atoms with van der Waals surface area (Å²) in [5, 5.41) is 5.94. The van der Waals surface area contributed by atoms with Crippen molar-refractivity contribution in [2.75, 3.05) is 13.1 Å². The summed E-state index contributed by atoms with van der Waals surface area (Å²) >= 11 is 0. The van der Waals surface area contributed by atoms with Crippen LogP contribution in [0.3, 0.4) is 0 Å². The Balaban J connectivity index is 1.37. The molecule has 3 amide bonds.